The molecule has 156 valence electrons. The van der Waals surface area contributed by atoms with Crippen molar-refractivity contribution in [2.24, 2.45) is 7.05 Å². The van der Waals surface area contributed by atoms with Gasteiger partial charge in [0.15, 0.2) is 11.0 Å². The van der Waals surface area contributed by atoms with E-state index in [2.05, 4.69) is 87.0 Å². The Bertz CT molecular complexity index is 1750. The molecule has 0 aliphatic carbocycles. The number of hydrogen-bond acceptors (Lipinski definition) is 2. The zero-order valence-corrected chi connectivity index (χ0v) is 19.4. The van der Waals surface area contributed by atoms with Crippen LogP contribution in [0.1, 0.15) is 16.7 Å². The fourth-order valence-electron chi connectivity index (χ4n) is 4.81. The van der Waals surface area contributed by atoms with Crippen LogP contribution in [-0.2, 0) is 7.05 Å². The van der Waals surface area contributed by atoms with Gasteiger partial charge in [0.2, 0.25) is 0 Å². The summed E-state index contributed by atoms with van der Waals surface area (Å²) in [5.41, 5.74) is 6.72. The average Bonchev–Trinajstić information content (AvgIpc) is 3.06. The van der Waals surface area contributed by atoms with Crippen LogP contribution in [0.25, 0.3) is 38.2 Å². The molecule has 4 aromatic carbocycles. The summed E-state index contributed by atoms with van der Waals surface area (Å²) in [6, 6.07) is 23.4. The molecule has 0 fully saturated rings. The van der Waals surface area contributed by atoms with Crippen molar-refractivity contribution in [1.29, 1.82) is 0 Å². The number of pyridine rings is 1. The van der Waals surface area contributed by atoms with Crippen molar-refractivity contribution in [2.45, 2.75) is 30.6 Å². The first-order valence-electron chi connectivity index (χ1n) is 10.8. The van der Waals surface area contributed by atoms with Crippen LogP contribution in [-0.4, -0.2) is 4.40 Å². The van der Waals surface area contributed by atoms with Gasteiger partial charge in [-0.25, -0.2) is 9.36 Å². The zero-order chi connectivity index (χ0) is 22.1. The maximum Gasteiger partial charge on any atom is 0.347 e. The molecular weight excluding hydrogens is 412 g/mol. The third-order valence-electron chi connectivity index (χ3n) is 6.65. The lowest BCUT2D eigenvalue weighted by molar-refractivity contribution is -0.617. The third-order valence-corrected chi connectivity index (χ3v) is 7.73. The number of imidazole rings is 1. The van der Waals surface area contributed by atoms with E-state index in [9.17, 15) is 4.79 Å². The Kier molecular flexibility index (Phi) is 4.11. The fourth-order valence-corrected chi connectivity index (χ4v) is 5.75. The Morgan fingerprint density at radius 1 is 0.812 bits per heavy atom. The van der Waals surface area contributed by atoms with Gasteiger partial charge in [-0.15, -0.1) is 0 Å². The van der Waals surface area contributed by atoms with Gasteiger partial charge in [0, 0.05) is 15.2 Å². The number of hydrogen-bond donors (Lipinski definition) is 0. The highest BCUT2D eigenvalue weighted by Gasteiger charge is 2.26. The number of benzene rings is 4. The first-order chi connectivity index (χ1) is 15.4. The standard InChI is InChI=1S/C28H23N2OS/c1-16-8-10-19(11-9-16)32-25-13-12-21-26-20(25)6-5-7-22(26)28(31)30-24-15-18(3)17(2)14-23(24)29(4)27(21)30/h5-15H,1-4H3/q+1. The van der Waals surface area contributed by atoms with E-state index in [-0.39, 0.29) is 5.56 Å². The van der Waals surface area contributed by atoms with Crippen molar-refractivity contribution in [2.75, 3.05) is 0 Å². The number of aromatic nitrogens is 2. The van der Waals surface area contributed by atoms with Crippen molar-refractivity contribution in [3.63, 3.8) is 0 Å². The Morgan fingerprint density at radius 2 is 1.53 bits per heavy atom. The van der Waals surface area contributed by atoms with Crippen LogP contribution in [0.2, 0.25) is 0 Å². The lowest BCUT2D eigenvalue weighted by Gasteiger charge is -2.10. The van der Waals surface area contributed by atoms with Gasteiger partial charge in [-0.3, -0.25) is 0 Å². The maximum absolute atomic E-state index is 13.8. The molecule has 4 heteroatoms. The van der Waals surface area contributed by atoms with Gasteiger partial charge in [0.05, 0.1) is 17.8 Å². The van der Waals surface area contributed by atoms with Gasteiger partial charge in [0.25, 0.3) is 5.65 Å². The molecule has 0 aliphatic heterocycles. The summed E-state index contributed by atoms with van der Waals surface area (Å²) in [4.78, 5) is 16.1. The molecule has 0 atom stereocenters. The van der Waals surface area contributed by atoms with E-state index in [4.69, 9.17) is 0 Å². The summed E-state index contributed by atoms with van der Waals surface area (Å²) in [5, 5.41) is 4.06. The second kappa shape index (κ2) is 6.81. The minimum atomic E-state index is 0.0458. The van der Waals surface area contributed by atoms with E-state index in [1.54, 1.807) is 11.8 Å². The van der Waals surface area contributed by atoms with Crippen LogP contribution in [0.15, 0.2) is 81.3 Å². The van der Waals surface area contributed by atoms with E-state index < -0.39 is 0 Å². The molecule has 0 unspecified atom stereocenters. The normalized spacial score (nSPS) is 12.0. The molecule has 0 saturated heterocycles. The van der Waals surface area contributed by atoms with Crippen molar-refractivity contribution in [1.82, 2.24) is 4.40 Å². The van der Waals surface area contributed by atoms with Crippen LogP contribution >= 0.6 is 11.8 Å². The number of nitrogens with zero attached hydrogens (tertiary/aromatic N) is 2. The molecular formula is C28H23N2OS+. The van der Waals surface area contributed by atoms with Crippen LogP contribution in [0.4, 0.5) is 0 Å². The minimum absolute atomic E-state index is 0.0458. The smallest absolute Gasteiger partial charge is 0.240 e. The molecule has 6 rings (SSSR count). The Morgan fingerprint density at radius 3 is 2.31 bits per heavy atom. The van der Waals surface area contributed by atoms with Gasteiger partial charge >= 0.3 is 5.56 Å². The summed E-state index contributed by atoms with van der Waals surface area (Å²) in [7, 11) is 2.06. The van der Waals surface area contributed by atoms with E-state index in [1.807, 2.05) is 16.5 Å². The largest absolute Gasteiger partial charge is 0.347 e. The van der Waals surface area contributed by atoms with Crippen LogP contribution in [0, 0.1) is 20.8 Å². The molecule has 0 amide bonds. The fraction of sp³-hybridized carbons (Fsp3) is 0.143. The van der Waals surface area contributed by atoms with E-state index >= 15 is 0 Å². The average molecular weight is 436 g/mol. The summed E-state index contributed by atoms with van der Waals surface area (Å²) in [6.45, 7) is 6.33. The van der Waals surface area contributed by atoms with Gasteiger partial charge in [0.1, 0.15) is 0 Å². The predicted octanol–water partition coefficient (Wildman–Crippen LogP) is 6.10. The predicted molar refractivity (Wildman–Crippen MR) is 133 cm³/mol. The highest BCUT2D eigenvalue weighted by atomic mass is 32.2. The second-order valence-corrected chi connectivity index (χ2v) is 9.82. The van der Waals surface area contributed by atoms with Gasteiger partial charge in [-0.2, -0.15) is 4.40 Å². The minimum Gasteiger partial charge on any atom is -0.240 e. The molecule has 6 aromatic rings. The van der Waals surface area contributed by atoms with Gasteiger partial charge in [-0.1, -0.05) is 41.6 Å². The van der Waals surface area contributed by atoms with E-state index in [1.165, 1.54) is 26.5 Å². The van der Waals surface area contributed by atoms with Crippen molar-refractivity contribution < 1.29 is 4.57 Å². The van der Waals surface area contributed by atoms with Crippen molar-refractivity contribution in [3.05, 3.63) is 93.8 Å². The summed E-state index contributed by atoms with van der Waals surface area (Å²) < 4.78 is 4.06. The molecule has 0 N–H and O–H groups in total. The Hall–Kier alpha value is -3.37. The summed E-state index contributed by atoms with van der Waals surface area (Å²) >= 11 is 1.75. The third kappa shape index (κ3) is 2.63. The van der Waals surface area contributed by atoms with E-state index in [0.717, 1.165) is 38.2 Å². The first-order valence-corrected chi connectivity index (χ1v) is 11.6. The SMILES string of the molecule is Cc1ccc(Sc2ccc3c4c2cccc4c(=O)n2c4cc(C)c(C)cc4[n+](C)c32)cc1. The van der Waals surface area contributed by atoms with Crippen LogP contribution in [0.5, 0.6) is 0 Å². The Labute approximate surface area is 190 Å². The molecule has 0 radical (unpaired) electrons. The maximum atomic E-state index is 13.8. The number of fused-ring (bicyclic) bond motifs is 4. The molecule has 2 heterocycles. The topological polar surface area (TPSA) is 25.4 Å². The highest BCUT2D eigenvalue weighted by Crippen LogP contribution is 2.38. The monoisotopic (exact) mass is 435 g/mol. The molecule has 0 bridgehead atoms. The molecule has 32 heavy (non-hydrogen) atoms. The Balaban J connectivity index is 1.73. The lowest BCUT2D eigenvalue weighted by Crippen LogP contribution is -2.29. The molecule has 2 aromatic heterocycles. The molecule has 0 saturated carbocycles. The summed E-state index contributed by atoms with van der Waals surface area (Å²) in [5.74, 6) is 0. The van der Waals surface area contributed by atoms with Crippen LogP contribution in [0.3, 0.4) is 0 Å². The van der Waals surface area contributed by atoms with Crippen molar-refractivity contribution >= 4 is 50.0 Å². The lowest BCUT2D eigenvalue weighted by atomic mass is 10.0. The molecule has 3 nitrogen and oxygen atoms in total. The van der Waals surface area contributed by atoms with Gasteiger partial charge in [-0.05, 0) is 79.7 Å². The van der Waals surface area contributed by atoms with E-state index in [0.29, 0.717) is 0 Å². The second-order valence-electron chi connectivity index (χ2n) is 8.70. The van der Waals surface area contributed by atoms with Crippen LogP contribution < -0.4 is 10.1 Å². The first kappa shape index (κ1) is 19.3. The number of aryl methyl sites for hydroxylation is 4. The molecule has 0 spiro atoms. The molecule has 0 aliphatic rings. The van der Waals surface area contributed by atoms with Crippen molar-refractivity contribution in [3.8, 4) is 0 Å². The van der Waals surface area contributed by atoms with Gasteiger partial charge < -0.3 is 0 Å². The summed E-state index contributed by atoms with van der Waals surface area (Å²) in [6.07, 6.45) is 0. The number of rotatable bonds is 2. The highest BCUT2D eigenvalue weighted by molar-refractivity contribution is 7.99. The quantitative estimate of drug-likeness (QED) is 0.307. The zero-order valence-electron chi connectivity index (χ0n) is 18.6.